The zero-order valence-corrected chi connectivity index (χ0v) is 12.1. The van der Waals surface area contributed by atoms with Crippen LogP contribution in [0.3, 0.4) is 0 Å². The lowest BCUT2D eigenvalue weighted by atomic mass is 10.2. The molecule has 1 N–H and O–H groups in total. The predicted molar refractivity (Wildman–Crippen MR) is 81.1 cm³/mol. The molecule has 0 aliphatic carbocycles. The number of hydrogen-bond acceptors (Lipinski definition) is 3. The van der Waals surface area contributed by atoms with Crippen molar-refractivity contribution in [2.75, 3.05) is 44.2 Å². The Kier molecular flexibility index (Phi) is 4.26. The van der Waals surface area contributed by atoms with Crippen LogP contribution in [0.2, 0.25) is 5.02 Å². The van der Waals surface area contributed by atoms with Crippen LogP contribution in [0.5, 0.6) is 0 Å². The van der Waals surface area contributed by atoms with E-state index < -0.39 is 0 Å². The van der Waals surface area contributed by atoms with Gasteiger partial charge in [0.25, 0.3) is 0 Å². The smallest absolute Gasteiger partial charge is 0.0639 e. The molecule has 0 bridgehead atoms. The normalized spacial score (nSPS) is 24.9. The molecular formula is C15H22ClN3. The van der Waals surface area contributed by atoms with E-state index in [1.165, 1.54) is 31.6 Å². The number of nitrogens with one attached hydrogen (secondary N) is 1. The maximum absolute atomic E-state index is 6.27. The molecule has 19 heavy (non-hydrogen) atoms. The third kappa shape index (κ3) is 3.22. The summed E-state index contributed by atoms with van der Waals surface area (Å²) in [6, 6.07) is 8.87. The number of nitrogens with zero attached hydrogens (tertiary/aromatic N) is 2. The highest BCUT2D eigenvalue weighted by atomic mass is 35.5. The van der Waals surface area contributed by atoms with Gasteiger partial charge in [-0.2, -0.15) is 0 Å². The van der Waals surface area contributed by atoms with Gasteiger partial charge >= 0.3 is 0 Å². The summed E-state index contributed by atoms with van der Waals surface area (Å²) in [6.45, 7) is 6.85. The van der Waals surface area contributed by atoms with Crippen LogP contribution < -0.4 is 10.2 Å². The zero-order chi connectivity index (χ0) is 13.1. The highest BCUT2D eigenvalue weighted by Crippen LogP contribution is 2.26. The minimum atomic E-state index is 0.715. The van der Waals surface area contributed by atoms with Crippen molar-refractivity contribution >= 4 is 17.3 Å². The lowest BCUT2D eigenvalue weighted by molar-refractivity contribution is 0.236. The molecule has 2 heterocycles. The SMILES string of the molecule is Clc1ccccc1N1CCN(C[C@@H]2CCCN2)CC1. The highest BCUT2D eigenvalue weighted by Gasteiger charge is 2.22. The van der Waals surface area contributed by atoms with Crippen LogP contribution in [0.4, 0.5) is 5.69 Å². The Labute approximate surface area is 120 Å². The summed E-state index contributed by atoms with van der Waals surface area (Å²) in [7, 11) is 0. The highest BCUT2D eigenvalue weighted by molar-refractivity contribution is 6.33. The van der Waals surface area contributed by atoms with Gasteiger partial charge in [-0.05, 0) is 31.5 Å². The monoisotopic (exact) mass is 279 g/mol. The van der Waals surface area contributed by atoms with Crippen LogP contribution in [0.15, 0.2) is 24.3 Å². The van der Waals surface area contributed by atoms with Gasteiger partial charge < -0.3 is 10.2 Å². The third-order valence-electron chi connectivity index (χ3n) is 4.21. The fourth-order valence-electron chi connectivity index (χ4n) is 3.10. The van der Waals surface area contributed by atoms with E-state index in [1.54, 1.807) is 0 Å². The quantitative estimate of drug-likeness (QED) is 0.915. The fraction of sp³-hybridized carbons (Fsp3) is 0.600. The molecule has 2 saturated heterocycles. The first-order valence-electron chi connectivity index (χ1n) is 7.28. The molecule has 2 aliphatic heterocycles. The molecule has 0 unspecified atom stereocenters. The molecule has 0 radical (unpaired) electrons. The molecular weight excluding hydrogens is 258 g/mol. The summed E-state index contributed by atoms with van der Waals surface area (Å²) < 4.78 is 0. The molecule has 1 aromatic rings. The van der Waals surface area contributed by atoms with Crippen LogP contribution in [0.1, 0.15) is 12.8 Å². The first-order valence-corrected chi connectivity index (χ1v) is 7.66. The van der Waals surface area contributed by atoms with Crippen molar-refractivity contribution in [2.24, 2.45) is 0 Å². The average Bonchev–Trinajstić information content (AvgIpc) is 2.93. The first kappa shape index (κ1) is 13.2. The summed E-state index contributed by atoms with van der Waals surface area (Å²) in [5.74, 6) is 0. The molecule has 0 spiro atoms. The van der Waals surface area contributed by atoms with Gasteiger partial charge in [-0.3, -0.25) is 4.90 Å². The van der Waals surface area contributed by atoms with E-state index in [1.807, 2.05) is 12.1 Å². The van der Waals surface area contributed by atoms with E-state index in [4.69, 9.17) is 11.6 Å². The minimum Gasteiger partial charge on any atom is -0.368 e. The number of anilines is 1. The van der Waals surface area contributed by atoms with Crippen molar-refractivity contribution < 1.29 is 0 Å². The van der Waals surface area contributed by atoms with Gasteiger partial charge in [-0.1, -0.05) is 23.7 Å². The summed E-state index contributed by atoms with van der Waals surface area (Å²) >= 11 is 6.27. The van der Waals surface area contributed by atoms with Gasteiger partial charge in [-0.15, -0.1) is 0 Å². The Morgan fingerprint density at radius 1 is 1.16 bits per heavy atom. The standard InChI is InChI=1S/C15H22ClN3/c16-14-5-1-2-6-15(14)19-10-8-18(9-11-19)12-13-4-3-7-17-13/h1-2,5-6,13,17H,3-4,7-12H2/t13-/m0/s1. The van der Waals surface area contributed by atoms with Crippen LogP contribution in [-0.4, -0.2) is 50.2 Å². The van der Waals surface area contributed by atoms with Crippen LogP contribution in [-0.2, 0) is 0 Å². The average molecular weight is 280 g/mol. The van der Waals surface area contributed by atoms with E-state index >= 15 is 0 Å². The van der Waals surface area contributed by atoms with Gasteiger partial charge in [-0.25, -0.2) is 0 Å². The van der Waals surface area contributed by atoms with E-state index in [-0.39, 0.29) is 0 Å². The second-order valence-electron chi connectivity index (χ2n) is 5.53. The molecule has 0 saturated carbocycles. The Bertz CT molecular complexity index is 410. The summed E-state index contributed by atoms with van der Waals surface area (Å²) in [6.07, 6.45) is 2.68. The minimum absolute atomic E-state index is 0.715. The number of piperazine rings is 1. The molecule has 104 valence electrons. The second kappa shape index (κ2) is 6.12. The number of halogens is 1. The fourth-order valence-corrected chi connectivity index (χ4v) is 3.36. The van der Waals surface area contributed by atoms with Crippen molar-refractivity contribution in [2.45, 2.75) is 18.9 Å². The molecule has 2 fully saturated rings. The summed E-state index contributed by atoms with van der Waals surface area (Å²) in [5.41, 5.74) is 1.18. The second-order valence-corrected chi connectivity index (χ2v) is 5.94. The molecule has 3 nitrogen and oxygen atoms in total. The van der Waals surface area contributed by atoms with Gasteiger partial charge in [0.1, 0.15) is 0 Å². The van der Waals surface area contributed by atoms with Gasteiger partial charge in [0.05, 0.1) is 10.7 Å². The third-order valence-corrected chi connectivity index (χ3v) is 4.53. The van der Waals surface area contributed by atoms with E-state index in [0.29, 0.717) is 6.04 Å². The van der Waals surface area contributed by atoms with Crippen molar-refractivity contribution in [3.8, 4) is 0 Å². The van der Waals surface area contributed by atoms with Crippen molar-refractivity contribution in [1.82, 2.24) is 10.2 Å². The van der Waals surface area contributed by atoms with Crippen molar-refractivity contribution in [3.63, 3.8) is 0 Å². The Hall–Kier alpha value is -0.770. The molecule has 1 aromatic carbocycles. The number of para-hydroxylation sites is 1. The van der Waals surface area contributed by atoms with Crippen LogP contribution >= 0.6 is 11.6 Å². The predicted octanol–water partition coefficient (Wildman–Crippen LogP) is 2.21. The van der Waals surface area contributed by atoms with Gasteiger partial charge in [0.15, 0.2) is 0 Å². The van der Waals surface area contributed by atoms with Gasteiger partial charge in [0, 0.05) is 38.8 Å². The van der Waals surface area contributed by atoms with Crippen LogP contribution in [0.25, 0.3) is 0 Å². The molecule has 3 rings (SSSR count). The number of rotatable bonds is 3. The maximum atomic E-state index is 6.27. The van der Waals surface area contributed by atoms with Gasteiger partial charge in [0.2, 0.25) is 0 Å². The zero-order valence-electron chi connectivity index (χ0n) is 11.3. The summed E-state index contributed by atoms with van der Waals surface area (Å²) in [4.78, 5) is 4.98. The van der Waals surface area contributed by atoms with Crippen LogP contribution in [0, 0.1) is 0 Å². The lowest BCUT2D eigenvalue weighted by Crippen LogP contribution is -2.49. The topological polar surface area (TPSA) is 18.5 Å². The maximum Gasteiger partial charge on any atom is 0.0639 e. The van der Waals surface area contributed by atoms with Crippen molar-refractivity contribution in [1.29, 1.82) is 0 Å². The van der Waals surface area contributed by atoms with Crippen molar-refractivity contribution in [3.05, 3.63) is 29.3 Å². The molecule has 0 aromatic heterocycles. The summed E-state index contributed by atoms with van der Waals surface area (Å²) in [5, 5.41) is 4.45. The number of benzene rings is 1. The molecule has 0 amide bonds. The Morgan fingerprint density at radius 3 is 2.63 bits per heavy atom. The van der Waals surface area contributed by atoms with E-state index in [9.17, 15) is 0 Å². The van der Waals surface area contributed by atoms with E-state index in [0.717, 1.165) is 31.2 Å². The number of hydrogen-bond donors (Lipinski definition) is 1. The largest absolute Gasteiger partial charge is 0.368 e. The van der Waals surface area contributed by atoms with E-state index in [2.05, 4.69) is 27.2 Å². The lowest BCUT2D eigenvalue weighted by Gasteiger charge is -2.37. The molecule has 1 atom stereocenters. The first-order chi connectivity index (χ1) is 9.33. The molecule has 2 aliphatic rings. The Balaban J connectivity index is 1.53. The molecule has 4 heteroatoms. The Morgan fingerprint density at radius 2 is 1.95 bits per heavy atom.